The van der Waals surface area contributed by atoms with E-state index in [2.05, 4.69) is 6.92 Å². The van der Waals surface area contributed by atoms with Crippen molar-refractivity contribution in [3.8, 4) is 5.75 Å². The van der Waals surface area contributed by atoms with E-state index in [0.29, 0.717) is 35.2 Å². The van der Waals surface area contributed by atoms with E-state index < -0.39 is 10.0 Å². The minimum Gasteiger partial charge on any atom is -0.496 e. The zero-order valence-corrected chi connectivity index (χ0v) is 13.5. The van der Waals surface area contributed by atoms with E-state index in [1.807, 2.05) is 0 Å². The highest BCUT2D eigenvalue weighted by Crippen LogP contribution is 2.28. The van der Waals surface area contributed by atoms with E-state index in [1.54, 1.807) is 29.6 Å². The number of piperidine rings is 1. The topological polar surface area (TPSA) is 72.6 Å². The van der Waals surface area contributed by atoms with Gasteiger partial charge in [0.2, 0.25) is 10.0 Å². The van der Waals surface area contributed by atoms with Crippen LogP contribution in [0.2, 0.25) is 0 Å². The van der Waals surface area contributed by atoms with E-state index in [1.165, 1.54) is 0 Å². The molecular formula is C15H24N2O3S. The lowest BCUT2D eigenvalue weighted by molar-refractivity contribution is 0.269. The zero-order chi connectivity index (χ0) is 15.5. The Bertz CT molecular complexity index is 579. The Kier molecular flexibility index (Phi) is 5.24. The number of nitrogens with zero attached hydrogens (tertiary/aromatic N) is 1. The highest BCUT2D eigenvalue weighted by molar-refractivity contribution is 7.89. The number of methoxy groups -OCH3 is 1. The van der Waals surface area contributed by atoms with Crippen LogP contribution in [0.3, 0.4) is 0 Å². The summed E-state index contributed by atoms with van der Waals surface area (Å²) in [5.74, 6) is 1.27. The molecule has 0 unspecified atom stereocenters. The molecule has 1 aliphatic heterocycles. The van der Waals surface area contributed by atoms with E-state index in [4.69, 9.17) is 10.5 Å². The molecule has 1 saturated heterocycles. The molecular weight excluding hydrogens is 288 g/mol. The van der Waals surface area contributed by atoms with E-state index in [-0.39, 0.29) is 6.54 Å². The molecule has 0 aromatic heterocycles. The van der Waals surface area contributed by atoms with Crippen LogP contribution in [0.1, 0.15) is 31.7 Å². The number of rotatable bonds is 5. The third-order valence-corrected chi connectivity index (χ3v) is 6.16. The predicted molar refractivity (Wildman–Crippen MR) is 82.7 cm³/mol. The minimum absolute atomic E-state index is 0.254. The summed E-state index contributed by atoms with van der Waals surface area (Å²) in [6, 6.07) is 4.90. The molecule has 21 heavy (non-hydrogen) atoms. The van der Waals surface area contributed by atoms with Gasteiger partial charge in [0, 0.05) is 25.2 Å². The molecule has 0 bridgehead atoms. The second-order valence-corrected chi connectivity index (χ2v) is 7.37. The molecule has 0 spiro atoms. The normalized spacial score (nSPS) is 17.9. The van der Waals surface area contributed by atoms with Gasteiger partial charge in [0.25, 0.3) is 0 Å². The van der Waals surface area contributed by atoms with Crippen molar-refractivity contribution in [3.05, 3.63) is 23.8 Å². The van der Waals surface area contributed by atoms with Gasteiger partial charge in [0.15, 0.2) is 0 Å². The number of benzene rings is 1. The highest BCUT2D eigenvalue weighted by atomic mass is 32.2. The molecule has 1 aromatic rings. The first-order valence-corrected chi connectivity index (χ1v) is 8.84. The van der Waals surface area contributed by atoms with Crippen LogP contribution in [0.15, 0.2) is 23.1 Å². The quantitative estimate of drug-likeness (QED) is 0.902. The average Bonchev–Trinajstić information content (AvgIpc) is 2.54. The SMILES string of the molecule is CCC1CCN(S(=O)(=O)c2ccc(OC)c(CN)c2)CC1. The minimum atomic E-state index is -3.43. The first kappa shape index (κ1) is 16.3. The summed E-state index contributed by atoms with van der Waals surface area (Å²) in [5.41, 5.74) is 6.37. The summed E-state index contributed by atoms with van der Waals surface area (Å²) >= 11 is 0. The van der Waals surface area contributed by atoms with Crippen LogP contribution in [-0.4, -0.2) is 32.9 Å². The molecule has 2 rings (SSSR count). The van der Waals surface area contributed by atoms with Crippen molar-refractivity contribution in [3.63, 3.8) is 0 Å². The molecule has 0 radical (unpaired) electrons. The van der Waals surface area contributed by atoms with Crippen LogP contribution in [0.4, 0.5) is 0 Å². The molecule has 6 heteroatoms. The Morgan fingerprint density at radius 3 is 2.52 bits per heavy atom. The second kappa shape index (κ2) is 6.77. The lowest BCUT2D eigenvalue weighted by Gasteiger charge is -2.30. The van der Waals surface area contributed by atoms with Crippen molar-refractivity contribution in [1.82, 2.24) is 4.31 Å². The molecule has 0 saturated carbocycles. The van der Waals surface area contributed by atoms with Crippen LogP contribution in [0.25, 0.3) is 0 Å². The van der Waals surface area contributed by atoms with Gasteiger partial charge in [-0.05, 0) is 37.0 Å². The monoisotopic (exact) mass is 312 g/mol. The number of nitrogens with two attached hydrogens (primary N) is 1. The molecule has 5 nitrogen and oxygen atoms in total. The molecule has 0 aliphatic carbocycles. The van der Waals surface area contributed by atoms with Crippen molar-refractivity contribution >= 4 is 10.0 Å². The standard InChI is InChI=1S/C15H24N2O3S/c1-3-12-6-8-17(9-7-12)21(18,19)14-4-5-15(20-2)13(10-14)11-16/h4-5,10,12H,3,6-9,11,16H2,1-2H3. The summed E-state index contributed by atoms with van der Waals surface area (Å²) in [6.07, 6.45) is 3.00. The fourth-order valence-electron chi connectivity index (χ4n) is 2.78. The summed E-state index contributed by atoms with van der Waals surface area (Å²) in [7, 11) is -1.88. The van der Waals surface area contributed by atoms with Crippen LogP contribution < -0.4 is 10.5 Å². The number of sulfonamides is 1. The van der Waals surface area contributed by atoms with Gasteiger partial charge in [-0.1, -0.05) is 13.3 Å². The summed E-state index contributed by atoms with van der Waals surface area (Å²) in [6.45, 7) is 3.62. The Hall–Kier alpha value is -1.11. The maximum Gasteiger partial charge on any atom is 0.243 e. The number of ether oxygens (including phenoxy) is 1. The molecule has 2 N–H and O–H groups in total. The van der Waals surface area contributed by atoms with Crippen molar-refractivity contribution in [1.29, 1.82) is 0 Å². The first-order valence-electron chi connectivity index (χ1n) is 7.40. The van der Waals surface area contributed by atoms with Gasteiger partial charge in [-0.15, -0.1) is 0 Å². The maximum atomic E-state index is 12.7. The third-order valence-electron chi connectivity index (χ3n) is 4.26. The highest BCUT2D eigenvalue weighted by Gasteiger charge is 2.29. The van der Waals surface area contributed by atoms with Crippen LogP contribution in [0.5, 0.6) is 5.75 Å². The lowest BCUT2D eigenvalue weighted by atomic mass is 9.96. The van der Waals surface area contributed by atoms with Gasteiger partial charge < -0.3 is 10.5 Å². The van der Waals surface area contributed by atoms with Gasteiger partial charge in [-0.25, -0.2) is 8.42 Å². The first-order chi connectivity index (χ1) is 10.0. The Morgan fingerprint density at radius 2 is 2.00 bits per heavy atom. The summed E-state index contributed by atoms with van der Waals surface area (Å²) < 4.78 is 32.2. The van der Waals surface area contributed by atoms with Crippen molar-refractivity contribution < 1.29 is 13.2 Å². The van der Waals surface area contributed by atoms with E-state index >= 15 is 0 Å². The molecule has 0 amide bonds. The van der Waals surface area contributed by atoms with Crippen molar-refractivity contribution in [2.45, 2.75) is 37.6 Å². The van der Waals surface area contributed by atoms with Crippen LogP contribution in [0, 0.1) is 5.92 Å². The molecule has 1 heterocycles. The Labute approximate surface area is 127 Å². The van der Waals surface area contributed by atoms with Crippen LogP contribution >= 0.6 is 0 Å². The number of hydrogen-bond acceptors (Lipinski definition) is 4. The summed E-state index contributed by atoms with van der Waals surface area (Å²) in [5, 5.41) is 0. The summed E-state index contributed by atoms with van der Waals surface area (Å²) in [4.78, 5) is 0.304. The Morgan fingerprint density at radius 1 is 1.33 bits per heavy atom. The molecule has 0 atom stereocenters. The van der Waals surface area contributed by atoms with Gasteiger partial charge in [-0.3, -0.25) is 0 Å². The Balaban J connectivity index is 2.24. The lowest BCUT2D eigenvalue weighted by Crippen LogP contribution is -2.38. The second-order valence-electron chi connectivity index (χ2n) is 5.43. The third kappa shape index (κ3) is 3.39. The van der Waals surface area contributed by atoms with Crippen molar-refractivity contribution in [2.75, 3.05) is 20.2 Å². The molecule has 1 fully saturated rings. The number of hydrogen-bond donors (Lipinski definition) is 1. The predicted octanol–water partition coefficient (Wildman–Crippen LogP) is 1.96. The molecule has 118 valence electrons. The average molecular weight is 312 g/mol. The van der Waals surface area contributed by atoms with Gasteiger partial charge in [-0.2, -0.15) is 4.31 Å². The maximum absolute atomic E-state index is 12.7. The fourth-order valence-corrected chi connectivity index (χ4v) is 4.30. The van der Waals surface area contributed by atoms with E-state index in [0.717, 1.165) is 19.3 Å². The largest absolute Gasteiger partial charge is 0.496 e. The molecule has 1 aromatic carbocycles. The smallest absolute Gasteiger partial charge is 0.243 e. The van der Waals surface area contributed by atoms with Crippen molar-refractivity contribution in [2.24, 2.45) is 11.7 Å². The van der Waals surface area contributed by atoms with Gasteiger partial charge in [0.1, 0.15) is 5.75 Å². The van der Waals surface area contributed by atoms with E-state index in [9.17, 15) is 8.42 Å². The van der Waals surface area contributed by atoms with Crippen LogP contribution in [-0.2, 0) is 16.6 Å². The zero-order valence-electron chi connectivity index (χ0n) is 12.7. The molecule has 1 aliphatic rings. The fraction of sp³-hybridized carbons (Fsp3) is 0.600. The van der Waals surface area contributed by atoms with Gasteiger partial charge >= 0.3 is 0 Å². The van der Waals surface area contributed by atoms with Gasteiger partial charge in [0.05, 0.1) is 12.0 Å².